The molecular formula is C54H34N2O. The number of fused-ring (bicyclic) bond motifs is 9. The average molecular weight is 727 g/mol. The van der Waals surface area contributed by atoms with Crippen LogP contribution in [0.15, 0.2) is 211 Å². The Morgan fingerprint density at radius 1 is 0.333 bits per heavy atom. The summed E-state index contributed by atoms with van der Waals surface area (Å²) in [5.74, 6) is 0. The zero-order valence-electron chi connectivity index (χ0n) is 30.9. The molecule has 3 nitrogen and oxygen atoms in total. The predicted molar refractivity (Wildman–Crippen MR) is 239 cm³/mol. The molecular weight excluding hydrogens is 693 g/mol. The normalized spacial score (nSPS) is 11.9. The summed E-state index contributed by atoms with van der Waals surface area (Å²) in [6, 6.07) is 74.3. The lowest BCUT2D eigenvalue weighted by Gasteiger charge is -2.14. The molecule has 0 aliphatic rings. The summed E-state index contributed by atoms with van der Waals surface area (Å²) in [5.41, 5.74) is 15.7. The summed E-state index contributed by atoms with van der Waals surface area (Å²) >= 11 is 0. The first-order valence-electron chi connectivity index (χ1n) is 19.5. The maximum Gasteiger partial charge on any atom is 0.160 e. The fraction of sp³-hybridized carbons (Fsp3) is 0. The summed E-state index contributed by atoms with van der Waals surface area (Å²) in [5, 5.41) is 7.13. The van der Waals surface area contributed by atoms with Crippen molar-refractivity contribution in [3.8, 4) is 44.8 Å². The van der Waals surface area contributed by atoms with Gasteiger partial charge in [0.2, 0.25) is 0 Å². The van der Waals surface area contributed by atoms with Gasteiger partial charge in [-0.05, 0) is 76.3 Å². The number of benzene rings is 9. The van der Waals surface area contributed by atoms with Gasteiger partial charge < -0.3 is 13.6 Å². The van der Waals surface area contributed by atoms with Crippen LogP contribution in [-0.4, -0.2) is 9.13 Å². The molecule has 12 rings (SSSR count). The highest BCUT2D eigenvalue weighted by molar-refractivity contribution is 6.22. The molecule has 12 aromatic rings. The lowest BCUT2D eigenvalue weighted by molar-refractivity contribution is 0.666. The number of rotatable bonds is 5. The second-order valence-corrected chi connectivity index (χ2v) is 14.8. The Morgan fingerprint density at radius 2 is 0.930 bits per heavy atom. The van der Waals surface area contributed by atoms with Crippen molar-refractivity contribution in [3.63, 3.8) is 0 Å². The van der Waals surface area contributed by atoms with Crippen LogP contribution in [0, 0.1) is 0 Å². The second-order valence-electron chi connectivity index (χ2n) is 14.8. The summed E-state index contributed by atoms with van der Waals surface area (Å²) in [7, 11) is 0. The first-order chi connectivity index (χ1) is 28.3. The Morgan fingerprint density at radius 3 is 1.77 bits per heavy atom. The van der Waals surface area contributed by atoms with Crippen LogP contribution < -0.4 is 0 Å². The van der Waals surface area contributed by atoms with E-state index < -0.39 is 0 Å². The van der Waals surface area contributed by atoms with E-state index in [4.69, 9.17) is 4.42 Å². The maximum atomic E-state index is 6.93. The Balaban J connectivity index is 1.15. The third kappa shape index (κ3) is 4.73. The molecule has 0 aliphatic heterocycles. The Hall–Kier alpha value is -7.62. The van der Waals surface area contributed by atoms with Crippen LogP contribution in [0.4, 0.5) is 0 Å². The topological polar surface area (TPSA) is 23.0 Å². The number of hydrogen-bond donors (Lipinski definition) is 0. The fourth-order valence-corrected chi connectivity index (χ4v) is 9.31. The van der Waals surface area contributed by atoms with Crippen molar-refractivity contribution in [2.75, 3.05) is 0 Å². The van der Waals surface area contributed by atoms with Crippen molar-refractivity contribution in [1.82, 2.24) is 9.13 Å². The SMILES string of the molecule is c1ccc(-c2cccc(-c3ccc(-n4c5ccccc5c5c(-c6cccc7c8ccccc8n(-c8ccccc8)c67)cccc54)c4oc5ccccc5c34)c2)cc1. The minimum atomic E-state index is 0.873. The van der Waals surface area contributed by atoms with Crippen LogP contribution >= 0.6 is 0 Å². The van der Waals surface area contributed by atoms with E-state index in [0.717, 1.165) is 55.5 Å². The van der Waals surface area contributed by atoms with Gasteiger partial charge in [0.05, 0.1) is 27.8 Å². The second kappa shape index (κ2) is 12.5. The van der Waals surface area contributed by atoms with E-state index in [9.17, 15) is 0 Å². The number of aromatic nitrogens is 2. The average Bonchev–Trinajstić information content (AvgIpc) is 3.95. The molecule has 266 valence electrons. The number of nitrogens with zero attached hydrogens (tertiary/aromatic N) is 2. The Labute approximate surface area is 328 Å². The molecule has 3 heterocycles. The van der Waals surface area contributed by atoms with Crippen molar-refractivity contribution in [3.05, 3.63) is 206 Å². The highest BCUT2D eigenvalue weighted by Gasteiger charge is 2.24. The molecule has 9 aromatic carbocycles. The molecule has 0 saturated carbocycles. The van der Waals surface area contributed by atoms with E-state index in [-0.39, 0.29) is 0 Å². The van der Waals surface area contributed by atoms with Gasteiger partial charge in [0.25, 0.3) is 0 Å². The molecule has 0 N–H and O–H groups in total. The Bertz CT molecular complexity index is 3510. The van der Waals surface area contributed by atoms with Gasteiger partial charge in [-0.2, -0.15) is 0 Å². The molecule has 0 radical (unpaired) electrons. The quantitative estimate of drug-likeness (QED) is 0.173. The van der Waals surface area contributed by atoms with E-state index in [1.54, 1.807) is 0 Å². The zero-order chi connectivity index (χ0) is 37.5. The molecule has 3 aromatic heterocycles. The zero-order valence-corrected chi connectivity index (χ0v) is 30.9. The van der Waals surface area contributed by atoms with Gasteiger partial charge in [-0.3, -0.25) is 0 Å². The first kappa shape index (κ1) is 31.7. The van der Waals surface area contributed by atoms with Crippen LogP contribution in [0.5, 0.6) is 0 Å². The molecule has 0 unspecified atom stereocenters. The number of para-hydroxylation sites is 5. The molecule has 57 heavy (non-hydrogen) atoms. The molecule has 0 bridgehead atoms. The fourth-order valence-electron chi connectivity index (χ4n) is 9.31. The van der Waals surface area contributed by atoms with E-state index in [1.165, 1.54) is 54.8 Å². The van der Waals surface area contributed by atoms with Gasteiger partial charge in [0, 0.05) is 43.6 Å². The third-order valence-electron chi connectivity index (χ3n) is 11.7. The first-order valence-corrected chi connectivity index (χ1v) is 19.5. The monoisotopic (exact) mass is 726 g/mol. The summed E-state index contributed by atoms with van der Waals surface area (Å²) in [4.78, 5) is 0. The van der Waals surface area contributed by atoms with E-state index >= 15 is 0 Å². The summed E-state index contributed by atoms with van der Waals surface area (Å²) in [6.07, 6.45) is 0. The number of hydrogen-bond acceptors (Lipinski definition) is 1. The van der Waals surface area contributed by atoms with Gasteiger partial charge in [-0.1, -0.05) is 158 Å². The standard InChI is InChI=1S/C54H34N2O/c1-3-16-35(17-4-1)36-18-13-19-37(34-36)39-32-33-49(54-52(39)45-24-9-12-31-50(45)57-54)56-47-29-11-8-23-44(47)51-41(25-15-30-48(51)56)43-27-14-26-42-40-22-7-10-28-46(40)55(53(42)43)38-20-5-2-6-21-38/h1-34H. The van der Waals surface area contributed by atoms with Crippen LogP contribution in [0.2, 0.25) is 0 Å². The summed E-state index contributed by atoms with van der Waals surface area (Å²) < 4.78 is 11.8. The minimum absolute atomic E-state index is 0.873. The Kier molecular flexibility index (Phi) is 6.93. The molecule has 0 atom stereocenters. The van der Waals surface area contributed by atoms with Gasteiger partial charge in [0.1, 0.15) is 5.58 Å². The van der Waals surface area contributed by atoms with Crippen molar-refractivity contribution in [2.45, 2.75) is 0 Å². The van der Waals surface area contributed by atoms with Crippen LogP contribution in [0.25, 0.3) is 110 Å². The lowest BCUT2D eigenvalue weighted by Crippen LogP contribution is -1.96. The lowest BCUT2D eigenvalue weighted by atomic mass is 9.95. The van der Waals surface area contributed by atoms with E-state index in [2.05, 4.69) is 215 Å². The van der Waals surface area contributed by atoms with Crippen molar-refractivity contribution in [2.24, 2.45) is 0 Å². The third-order valence-corrected chi connectivity index (χ3v) is 11.7. The summed E-state index contributed by atoms with van der Waals surface area (Å²) in [6.45, 7) is 0. The van der Waals surface area contributed by atoms with E-state index in [1.807, 2.05) is 0 Å². The van der Waals surface area contributed by atoms with Crippen LogP contribution in [-0.2, 0) is 0 Å². The molecule has 0 saturated heterocycles. The van der Waals surface area contributed by atoms with Gasteiger partial charge in [-0.25, -0.2) is 0 Å². The van der Waals surface area contributed by atoms with Gasteiger partial charge in [-0.15, -0.1) is 0 Å². The molecule has 0 aliphatic carbocycles. The van der Waals surface area contributed by atoms with Gasteiger partial charge >= 0.3 is 0 Å². The molecule has 0 amide bonds. The highest BCUT2D eigenvalue weighted by atomic mass is 16.3. The smallest absolute Gasteiger partial charge is 0.160 e. The predicted octanol–water partition coefficient (Wildman–Crippen LogP) is 14.8. The largest absolute Gasteiger partial charge is 0.454 e. The minimum Gasteiger partial charge on any atom is -0.454 e. The molecule has 0 fully saturated rings. The van der Waals surface area contributed by atoms with Crippen molar-refractivity contribution in [1.29, 1.82) is 0 Å². The molecule has 3 heteroatoms. The van der Waals surface area contributed by atoms with Gasteiger partial charge in [0.15, 0.2) is 5.58 Å². The number of furan rings is 1. The van der Waals surface area contributed by atoms with Crippen LogP contribution in [0.1, 0.15) is 0 Å². The van der Waals surface area contributed by atoms with Crippen molar-refractivity contribution >= 4 is 65.6 Å². The maximum absolute atomic E-state index is 6.93. The van der Waals surface area contributed by atoms with Crippen LogP contribution in [0.3, 0.4) is 0 Å². The highest BCUT2D eigenvalue weighted by Crippen LogP contribution is 2.46. The molecule has 0 spiro atoms. The van der Waals surface area contributed by atoms with Crippen molar-refractivity contribution < 1.29 is 4.42 Å². The van der Waals surface area contributed by atoms with E-state index in [0.29, 0.717) is 0 Å².